The van der Waals surface area contributed by atoms with Crippen LogP contribution in [0.4, 0.5) is 0 Å². The summed E-state index contributed by atoms with van der Waals surface area (Å²) in [7, 11) is 0. The third-order valence-corrected chi connectivity index (χ3v) is 7.23. The van der Waals surface area contributed by atoms with Crippen LogP contribution in [0.1, 0.15) is 62.2 Å². The van der Waals surface area contributed by atoms with Gasteiger partial charge in [0.25, 0.3) is 0 Å². The molecule has 248 valence electrons. The van der Waals surface area contributed by atoms with E-state index in [1.165, 1.54) is 0 Å². The lowest BCUT2D eigenvalue weighted by Crippen LogP contribution is -2.55. The maximum absolute atomic E-state index is 13.6. The topological polar surface area (TPSA) is 124 Å². The van der Waals surface area contributed by atoms with E-state index in [0.717, 1.165) is 0 Å². The molecule has 0 spiro atoms. The van der Waals surface area contributed by atoms with Gasteiger partial charge in [0.2, 0.25) is 5.79 Å². The number of rotatable bonds is 11. The Labute approximate surface area is 278 Å². The summed E-state index contributed by atoms with van der Waals surface area (Å²) >= 11 is 0. The average Bonchev–Trinajstić information content (AvgIpc) is 3.37. The largest absolute Gasteiger partial charge is 0.459 e. The third kappa shape index (κ3) is 8.52. The van der Waals surface area contributed by atoms with Gasteiger partial charge in [0, 0.05) is 0 Å². The molecule has 5 rings (SSSR count). The number of esters is 4. The molecule has 0 unspecified atom stereocenters. The summed E-state index contributed by atoms with van der Waals surface area (Å²) in [5.41, 5.74) is 0.000108. The lowest BCUT2D eigenvalue weighted by atomic mass is 10.0. The molecule has 4 atom stereocenters. The van der Waals surface area contributed by atoms with Gasteiger partial charge in [-0.1, -0.05) is 72.8 Å². The van der Waals surface area contributed by atoms with Crippen molar-refractivity contribution in [1.82, 2.24) is 0 Å². The number of carbonyl (C=O) groups is 4. The Kier molecular flexibility index (Phi) is 10.7. The third-order valence-electron chi connectivity index (χ3n) is 7.23. The highest BCUT2D eigenvalue weighted by atomic mass is 16.8. The molecule has 1 heterocycles. The molecule has 1 saturated heterocycles. The van der Waals surface area contributed by atoms with Crippen LogP contribution < -0.4 is 0 Å². The van der Waals surface area contributed by atoms with Gasteiger partial charge >= 0.3 is 23.9 Å². The van der Waals surface area contributed by atoms with Crippen LogP contribution in [0.3, 0.4) is 0 Å². The zero-order valence-electron chi connectivity index (χ0n) is 26.8. The van der Waals surface area contributed by atoms with E-state index in [4.69, 9.17) is 28.4 Å². The molecular weight excluding hydrogens is 616 g/mol. The highest BCUT2D eigenvalue weighted by Gasteiger charge is 2.63. The van der Waals surface area contributed by atoms with Gasteiger partial charge in [-0.25, -0.2) is 19.2 Å². The fourth-order valence-corrected chi connectivity index (χ4v) is 5.17. The first kappa shape index (κ1) is 34.0. The summed E-state index contributed by atoms with van der Waals surface area (Å²) in [5.74, 6) is -4.89. The summed E-state index contributed by atoms with van der Waals surface area (Å²) in [5, 5.41) is 0. The molecule has 0 saturated carbocycles. The van der Waals surface area contributed by atoms with Crippen LogP contribution in [0.15, 0.2) is 121 Å². The highest BCUT2D eigenvalue weighted by molar-refractivity contribution is 5.91. The summed E-state index contributed by atoms with van der Waals surface area (Å²) in [6.45, 7) is 4.21. The molecule has 0 N–H and O–H groups in total. The first-order chi connectivity index (χ1) is 23.0. The number of hydrogen-bond acceptors (Lipinski definition) is 10. The Bertz CT molecular complexity index is 1690. The van der Waals surface area contributed by atoms with Crippen molar-refractivity contribution >= 4 is 23.9 Å². The minimum absolute atomic E-state index is 0.204. The lowest BCUT2D eigenvalue weighted by molar-refractivity contribution is -0.308. The molecule has 0 bridgehead atoms. The highest BCUT2D eigenvalue weighted by Crippen LogP contribution is 2.41. The fraction of sp³-hybridized carbons (Fsp3) is 0.263. The average molecular weight is 653 g/mol. The van der Waals surface area contributed by atoms with Crippen LogP contribution in [-0.4, -0.2) is 66.8 Å². The molecule has 10 nitrogen and oxygen atoms in total. The zero-order valence-corrected chi connectivity index (χ0v) is 26.8. The quantitative estimate of drug-likeness (QED) is 0.140. The second-order valence-electron chi connectivity index (χ2n) is 12.0. The Balaban J connectivity index is 1.54. The summed E-state index contributed by atoms with van der Waals surface area (Å²) in [6, 6.07) is 33.0. The van der Waals surface area contributed by atoms with Gasteiger partial charge in [0.15, 0.2) is 12.2 Å². The SMILES string of the molecule is CC(C)(C)O[C@@]1(COC(=O)c2ccccc2)O[C@H](COC(=O)c2ccccc2)[C@@H](OC(=O)c2ccccc2)[C@@H]1OC(=O)c1ccccc1. The van der Waals surface area contributed by atoms with Crippen molar-refractivity contribution in [3.8, 4) is 0 Å². The number of benzene rings is 4. The van der Waals surface area contributed by atoms with Crippen molar-refractivity contribution in [3.63, 3.8) is 0 Å². The van der Waals surface area contributed by atoms with E-state index in [1.807, 2.05) is 0 Å². The van der Waals surface area contributed by atoms with Crippen molar-refractivity contribution in [2.24, 2.45) is 0 Å². The molecular formula is C38H36O10. The number of carbonyl (C=O) groups excluding carboxylic acids is 4. The van der Waals surface area contributed by atoms with Gasteiger partial charge in [-0.05, 0) is 69.3 Å². The molecule has 4 aromatic rings. The Hall–Kier alpha value is -5.32. The number of ether oxygens (including phenoxy) is 6. The molecule has 1 aliphatic rings. The van der Waals surface area contributed by atoms with Crippen LogP contribution in [0.5, 0.6) is 0 Å². The van der Waals surface area contributed by atoms with Crippen molar-refractivity contribution in [1.29, 1.82) is 0 Å². The van der Waals surface area contributed by atoms with E-state index in [1.54, 1.807) is 142 Å². The second-order valence-corrected chi connectivity index (χ2v) is 12.0. The van der Waals surface area contributed by atoms with Gasteiger partial charge in [-0.2, -0.15) is 0 Å². The van der Waals surface area contributed by atoms with Crippen LogP contribution in [0, 0.1) is 0 Å². The molecule has 48 heavy (non-hydrogen) atoms. The normalized spacial score (nSPS) is 20.4. The molecule has 0 aliphatic carbocycles. The maximum Gasteiger partial charge on any atom is 0.338 e. The van der Waals surface area contributed by atoms with Crippen LogP contribution in [-0.2, 0) is 28.4 Å². The van der Waals surface area contributed by atoms with E-state index in [9.17, 15) is 19.2 Å². The van der Waals surface area contributed by atoms with Gasteiger partial charge in [-0.15, -0.1) is 0 Å². The van der Waals surface area contributed by atoms with Crippen molar-refractivity contribution < 1.29 is 47.6 Å². The summed E-state index contributed by atoms with van der Waals surface area (Å²) in [4.78, 5) is 53.3. The molecule has 1 aliphatic heterocycles. The maximum atomic E-state index is 13.6. The van der Waals surface area contributed by atoms with E-state index in [2.05, 4.69) is 0 Å². The Morgan fingerprint density at radius 2 is 0.979 bits per heavy atom. The van der Waals surface area contributed by atoms with Gasteiger partial charge in [0.05, 0.1) is 27.9 Å². The van der Waals surface area contributed by atoms with E-state index < -0.39 is 66.8 Å². The first-order valence-electron chi connectivity index (χ1n) is 15.4. The molecule has 1 fully saturated rings. The smallest absolute Gasteiger partial charge is 0.338 e. The van der Waals surface area contributed by atoms with E-state index in [-0.39, 0.29) is 22.3 Å². The minimum Gasteiger partial charge on any atom is -0.459 e. The molecule has 0 aromatic heterocycles. The fourth-order valence-electron chi connectivity index (χ4n) is 5.17. The second kappa shape index (κ2) is 15.1. The van der Waals surface area contributed by atoms with Gasteiger partial charge in [0.1, 0.15) is 19.3 Å². The standard InChI is InChI=1S/C38H36O10/c1-37(2,3)48-38(25-44-34(40)27-18-10-5-11-19-27)32(46-36(42)29-22-14-7-15-23-29)31(45-35(41)28-20-12-6-13-21-28)30(47-38)24-43-33(39)26-16-8-4-9-17-26/h4-23,30-32H,24-25H2,1-3H3/t30-,31-,32+,38-/m1/s1. The molecule has 0 amide bonds. The van der Waals surface area contributed by atoms with Gasteiger partial charge < -0.3 is 28.4 Å². The summed E-state index contributed by atoms with van der Waals surface area (Å²) in [6.07, 6.45) is -4.11. The van der Waals surface area contributed by atoms with Crippen LogP contribution in [0.2, 0.25) is 0 Å². The predicted octanol–water partition coefficient (Wildman–Crippen LogP) is 6.06. The molecule has 0 radical (unpaired) electrons. The van der Waals surface area contributed by atoms with E-state index >= 15 is 0 Å². The van der Waals surface area contributed by atoms with Gasteiger partial charge in [-0.3, -0.25) is 0 Å². The first-order valence-corrected chi connectivity index (χ1v) is 15.4. The zero-order chi connectivity index (χ0) is 34.1. The van der Waals surface area contributed by atoms with Crippen LogP contribution >= 0.6 is 0 Å². The number of hydrogen-bond donors (Lipinski definition) is 0. The lowest BCUT2D eigenvalue weighted by Gasteiger charge is -2.38. The van der Waals surface area contributed by atoms with Crippen molar-refractivity contribution in [3.05, 3.63) is 144 Å². The Morgan fingerprint density at radius 3 is 1.42 bits per heavy atom. The van der Waals surface area contributed by atoms with Crippen molar-refractivity contribution in [2.45, 2.75) is 50.5 Å². The van der Waals surface area contributed by atoms with Crippen LogP contribution in [0.25, 0.3) is 0 Å². The van der Waals surface area contributed by atoms with Crippen molar-refractivity contribution in [2.75, 3.05) is 13.2 Å². The molecule has 10 heteroatoms. The summed E-state index contributed by atoms with van der Waals surface area (Å²) < 4.78 is 36.4. The van der Waals surface area contributed by atoms with E-state index in [0.29, 0.717) is 0 Å². The minimum atomic E-state index is -2.02. The Morgan fingerprint density at radius 1 is 0.583 bits per heavy atom. The monoisotopic (exact) mass is 652 g/mol. The molecule has 4 aromatic carbocycles. The predicted molar refractivity (Wildman–Crippen MR) is 173 cm³/mol.